The zero-order chi connectivity index (χ0) is 35.0. The van der Waals surface area contributed by atoms with Crippen molar-refractivity contribution in [3.63, 3.8) is 0 Å². The quantitative estimate of drug-likeness (QED) is 0.189. The van der Waals surface area contributed by atoms with Crippen LogP contribution in [0.4, 0.5) is 10.5 Å². The molecule has 0 aromatic heterocycles. The Bertz CT molecular complexity index is 1720. The SMILES string of the molecule is CC(C)(C)OC(=O)NS(=O)(=O)Nc1cccc(CN2CCc3ccc(C(=O)CCCC4CCN(Cc5ccccc5Cl)CC4)cc3CC2)c1. The highest BCUT2D eigenvalue weighted by Gasteiger charge is 2.23. The monoisotopic (exact) mass is 708 g/mol. The predicted molar refractivity (Wildman–Crippen MR) is 195 cm³/mol. The molecule has 0 spiro atoms. The van der Waals surface area contributed by atoms with Crippen molar-refractivity contribution in [1.29, 1.82) is 0 Å². The Labute approximate surface area is 296 Å². The van der Waals surface area contributed by atoms with Gasteiger partial charge < -0.3 is 4.74 Å². The Balaban J connectivity index is 1.06. The molecule has 0 bridgehead atoms. The van der Waals surface area contributed by atoms with Crippen LogP contribution in [0.25, 0.3) is 0 Å². The fourth-order valence-electron chi connectivity index (χ4n) is 6.68. The minimum atomic E-state index is -4.16. The average molecular weight is 709 g/mol. The van der Waals surface area contributed by atoms with E-state index in [0.717, 1.165) is 74.6 Å². The molecular weight excluding hydrogens is 660 g/mol. The number of amides is 1. The molecule has 49 heavy (non-hydrogen) atoms. The van der Waals surface area contributed by atoms with Crippen LogP contribution in [0.2, 0.25) is 5.02 Å². The van der Waals surface area contributed by atoms with Crippen molar-refractivity contribution in [3.05, 3.63) is 99.6 Å². The van der Waals surface area contributed by atoms with E-state index in [2.05, 4.69) is 32.7 Å². The Morgan fingerprint density at radius 3 is 2.33 bits per heavy atom. The van der Waals surface area contributed by atoms with Gasteiger partial charge in [0.05, 0.1) is 5.69 Å². The van der Waals surface area contributed by atoms with Crippen LogP contribution < -0.4 is 9.44 Å². The molecule has 0 unspecified atom stereocenters. The zero-order valence-corrected chi connectivity index (χ0v) is 30.4. The zero-order valence-electron chi connectivity index (χ0n) is 28.8. The molecule has 5 rings (SSSR count). The van der Waals surface area contributed by atoms with Crippen LogP contribution in [0.5, 0.6) is 0 Å². The molecular formula is C38H49ClN4O5S. The molecule has 0 saturated carbocycles. The minimum absolute atomic E-state index is 0.223. The average Bonchev–Trinajstić information content (AvgIpc) is 3.23. The summed E-state index contributed by atoms with van der Waals surface area (Å²) in [6, 6.07) is 21.4. The van der Waals surface area contributed by atoms with Crippen molar-refractivity contribution in [1.82, 2.24) is 14.5 Å². The van der Waals surface area contributed by atoms with Gasteiger partial charge in [0.25, 0.3) is 0 Å². The number of fused-ring (bicyclic) bond motifs is 1. The van der Waals surface area contributed by atoms with E-state index in [-0.39, 0.29) is 5.78 Å². The number of ketones is 1. The van der Waals surface area contributed by atoms with E-state index in [0.29, 0.717) is 24.6 Å². The molecule has 0 radical (unpaired) electrons. The second kappa shape index (κ2) is 16.5. The molecule has 11 heteroatoms. The molecule has 2 heterocycles. The van der Waals surface area contributed by atoms with Crippen LogP contribution in [0, 0.1) is 5.92 Å². The van der Waals surface area contributed by atoms with Gasteiger partial charge in [0.1, 0.15) is 5.60 Å². The van der Waals surface area contributed by atoms with E-state index in [1.165, 1.54) is 29.5 Å². The lowest BCUT2D eigenvalue weighted by atomic mass is 9.90. The maximum atomic E-state index is 13.2. The molecule has 2 N–H and O–H groups in total. The van der Waals surface area contributed by atoms with Gasteiger partial charge in [-0.15, -0.1) is 0 Å². The second-order valence-electron chi connectivity index (χ2n) is 14.3. The van der Waals surface area contributed by atoms with E-state index in [9.17, 15) is 18.0 Å². The molecule has 1 fully saturated rings. The lowest BCUT2D eigenvalue weighted by Crippen LogP contribution is -2.39. The molecule has 3 aromatic carbocycles. The number of hydrogen-bond acceptors (Lipinski definition) is 7. The second-order valence-corrected chi connectivity index (χ2v) is 16.1. The van der Waals surface area contributed by atoms with Crippen LogP contribution >= 0.6 is 11.6 Å². The lowest BCUT2D eigenvalue weighted by Gasteiger charge is -2.32. The third-order valence-corrected chi connectivity index (χ3v) is 10.5. The van der Waals surface area contributed by atoms with Gasteiger partial charge in [0.2, 0.25) is 0 Å². The summed E-state index contributed by atoms with van der Waals surface area (Å²) in [6.07, 6.45) is 5.61. The third-order valence-electron chi connectivity index (χ3n) is 9.20. The maximum absolute atomic E-state index is 13.2. The molecule has 2 aliphatic heterocycles. The number of likely N-dealkylation sites (tertiary alicyclic amines) is 1. The number of benzene rings is 3. The van der Waals surface area contributed by atoms with Crippen LogP contribution in [0.1, 0.15) is 85.5 Å². The van der Waals surface area contributed by atoms with Gasteiger partial charge in [0.15, 0.2) is 5.78 Å². The summed E-state index contributed by atoms with van der Waals surface area (Å²) < 4.78 is 34.3. The minimum Gasteiger partial charge on any atom is -0.443 e. The lowest BCUT2D eigenvalue weighted by molar-refractivity contribution is 0.0570. The van der Waals surface area contributed by atoms with Crippen LogP contribution in [-0.4, -0.2) is 61.9 Å². The molecule has 1 saturated heterocycles. The van der Waals surface area contributed by atoms with Gasteiger partial charge >= 0.3 is 16.3 Å². The Morgan fingerprint density at radius 1 is 0.878 bits per heavy atom. The molecule has 2 aliphatic rings. The number of piperidine rings is 1. The number of Topliss-reactive ketones (excluding diaryl/α,β-unsaturated/α-hetero) is 1. The highest BCUT2D eigenvalue weighted by Crippen LogP contribution is 2.27. The fourth-order valence-corrected chi connectivity index (χ4v) is 7.62. The van der Waals surface area contributed by atoms with Crippen LogP contribution in [-0.2, 0) is 40.9 Å². The van der Waals surface area contributed by atoms with Crippen molar-refractivity contribution >= 4 is 39.4 Å². The molecule has 9 nitrogen and oxygen atoms in total. The summed E-state index contributed by atoms with van der Waals surface area (Å²) in [5.74, 6) is 0.892. The molecule has 0 aliphatic carbocycles. The van der Waals surface area contributed by atoms with Gasteiger partial charge in [-0.2, -0.15) is 8.42 Å². The number of nitrogens with zero attached hydrogens (tertiary/aromatic N) is 2. The maximum Gasteiger partial charge on any atom is 0.422 e. The standard InChI is InChI=1S/C38H49ClN4O5S/c1-38(2,3)48-37(45)41-49(46,47)40-34-11-6-9-29(24-34)26-42-22-18-30-14-15-32(25-31(30)19-23-42)36(44)13-7-8-28-16-20-43(21-17-28)27-33-10-4-5-12-35(33)39/h4-6,9-12,14-15,24-25,28,40H,7-8,13,16-23,26-27H2,1-3H3,(H,41,45). The smallest absolute Gasteiger partial charge is 0.422 e. The number of halogens is 1. The Kier molecular flexibility index (Phi) is 12.4. The molecule has 3 aromatic rings. The van der Waals surface area contributed by atoms with Gasteiger partial charge in [-0.05, 0) is 125 Å². The van der Waals surface area contributed by atoms with Crippen molar-refractivity contribution < 1.29 is 22.7 Å². The summed E-state index contributed by atoms with van der Waals surface area (Å²) in [4.78, 5) is 30.0. The first-order valence-corrected chi connectivity index (χ1v) is 19.1. The van der Waals surface area contributed by atoms with E-state index in [4.69, 9.17) is 16.3 Å². The predicted octanol–water partition coefficient (Wildman–Crippen LogP) is 7.39. The summed E-state index contributed by atoms with van der Waals surface area (Å²) >= 11 is 6.36. The largest absolute Gasteiger partial charge is 0.443 e. The summed E-state index contributed by atoms with van der Waals surface area (Å²) in [6.45, 7) is 10.4. The molecule has 1 amide bonds. The first-order chi connectivity index (χ1) is 23.3. The fraction of sp³-hybridized carbons (Fsp3) is 0.474. The summed E-state index contributed by atoms with van der Waals surface area (Å²) in [7, 11) is -4.16. The van der Waals surface area contributed by atoms with Gasteiger partial charge in [-0.1, -0.05) is 54.1 Å². The highest BCUT2D eigenvalue weighted by atomic mass is 35.5. The number of anilines is 1. The number of hydrogen-bond donors (Lipinski definition) is 2. The van der Waals surface area contributed by atoms with E-state index < -0.39 is 21.9 Å². The van der Waals surface area contributed by atoms with Crippen molar-refractivity contribution in [2.24, 2.45) is 5.92 Å². The van der Waals surface area contributed by atoms with Gasteiger partial charge in [-0.3, -0.25) is 19.3 Å². The normalized spacial score (nSPS) is 16.4. The Morgan fingerprint density at radius 2 is 1.59 bits per heavy atom. The van der Waals surface area contributed by atoms with Crippen LogP contribution in [0.3, 0.4) is 0 Å². The molecule has 264 valence electrons. The topological polar surface area (TPSA) is 108 Å². The Hall–Kier alpha value is -3.44. The summed E-state index contributed by atoms with van der Waals surface area (Å²) in [5.41, 5.74) is 4.99. The number of rotatable bonds is 12. The first-order valence-electron chi connectivity index (χ1n) is 17.3. The van der Waals surface area contributed by atoms with Gasteiger partial charge in [-0.25, -0.2) is 9.52 Å². The van der Waals surface area contributed by atoms with Crippen molar-refractivity contribution in [3.8, 4) is 0 Å². The molecule has 0 atom stereocenters. The number of carbonyl (C=O) groups is 2. The van der Waals surface area contributed by atoms with E-state index in [1.54, 1.807) is 39.0 Å². The summed E-state index contributed by atoms with van der Waals surface area (Å²) in [5, 5.41) is 0.835. The number of nitrogens with one attached hydrogen (secondary N) is 2. The van der Waals surface area contributed by atoms with Crippen LogP contribution in [0.15, 0.2) is 66.7 Å². The van der Waals surface area contributed by atoms with Gasteiger partial charge in [0, 0.05) is 43.2 Å². The third kappa shape index (κ3) is 11.6. The van der Waals surface area contributed by atoms with E-state index in [1.807, 2.05) is 35.1 Å². The highest BCUT2D eigenvalue weighted by molar-refractivity contribution is 7.91. The first kappa shape index (κ1) is 36.8. The van der Waals surface area contributed by atoms with Crippen molar-refractivity contribution in [2.75, 3.05) is 30.9 Å². The number of carbonyl (C=O) groups excluding carboxylic acids is 2. The van der Waals surface area contributed by atoms with Crippen molar-refractivity contribution in [2.45, 2.75) is 84.4 Å². The van der Waals surface area contributed by atoms with E-state index >= 15 is 0 Å². The number of ether oxygens (including phenoxy) is 1.